The third kappa shape index (κ3) is 4.27. The van der Waals surface area contributed by atoms with Crippen LogP contribution in [0.4, 0.5) is 0 Å². The van der Waals surface area contributed by atoms with Crippen LogP contribution in [0.2, 0.25) is 0 Å². The van der Waals surface area contributed by atoms with Crippen LogP contribution in [0.3, 0.4) is 0 Å². The maximum atomic E-state index is 3.40. The maximum absolute atomic E-state index is 3.40. The molecule has 1 N–H and O–H groups in total. The molecule has 1 aromatic rings. The van der Waals surface area contributed by atoms with Gasteiger partial charge in [-0.25, -0.2) is 0 Å². The highest BCUT2D eigenvalue weighted by molar-refractivity contribution is 7.99. The molecule has 84 valence electrons. The zero-order valence-electron chi connectivity index (χ0n) is 9.86. The summed E-state index contributed by atoms with van der Waals surface area (Å²) in [6.45, 7) is 4.56. The molecule has 1 aromatic carbocycles. The molecule has 0 aliphatic carbocycles. The summed E-state index contributed by atoms with van der Waals surface area (Å²) >= 11 is 1.93. The summed E-state index contributed by atoms with van der Waals surface area (Å²) in [5.74, 6) is 1.89. The summed E-state index contributed by atoms with van der Waals surface area (Å²) in [6.07, 6.45) is 1.24. The molecule has 0 amide bonds. The third-order valence-electron chi connectivity index (χ3n) is 2.87. The van der Waals surface area contributed by atoms with Gasteiger partial charge in [-0.3, -0.25) is 0 Å². The van der Waals surface area contributed by atoms with Crippen molar-refractivity contribution in [3.05, 3.63) is 30.3 Å². The first kappa shape index (κ1) is 12.6. The molecule has 0 fully saturated rings. The van der Waals surface area contributed by atoms with E-state index in [0.29, 0.717) is 6.04 Å². The minimum Gasteiger partial charge on any atom is -0.316 e. The molecule has 0 aliphatic rings. The Morgan fingerprint density at radius 1 is 1.27 bits per heavy atom. The molecular weight excluding hydrogens is 202 g/mol. The zero-order valence-corrected chi connectivity index (χ0v) is 10.7. The highest BCUT2D eigenvalue weighted by Crippen LogP contribution is 2.21. The Hall–Kier alpha value is -0.470. The van der Waals surface area contributed by atoms with Gasteiger partial charge in [0.15, 0.2) is 0 Å². The summed E-state index contributed by atoms with van der Waals surface area (Å²) in [7, 11) is 2.06. The molecule has 0 heterocycles. The second-order valence-corrected chi connectivity index (χ2v) is 5.00. The fourth-order valence-electron chi connectivity index (χ4n) is 1.52. The molecule has 1 nitrogen and oxygen atoms in total. The fraction of sp³-hybridized carbons (Fsp3) is 0.538. The Morgan fingerprint density at radius 2 is 1.93 bits per heavy atom. The van der Waals surface area contributed by atoms with Gasteiger partial charge in [0.1, 0.15) is 0 Å². The lowest BCUT2D eigenvalue weighted by Gasteiger charge is -2.21. The molecular formula is C13H21NS. The van der Waals surface area contributed by atoms with Gasteiger partial charge < -0.3 is 5.32 Å². The highest BCUT2D eigenvalue weighted by Gasteiger charge is 2.13. The second-order valence-electron chi connectivity index (χ2n) is 3.90. The van der Waals surface area contributed by atoms with Gasteiger partial charge in [0.05, 0.1) is 0 Å². The zero-order chi connectivity index (χ0) is 11.1. The lowest BCUT2D eigenvalue weighted by molar-refractivity contribution is 0.420. The Labute approximate surface area is 97.7 Å². The van der Waals surface area contributed by atoms with Crippen molar-refractivity contribution in [2.45, 2.75) is 31.2 Å². The third-order valence-corrected chi connectivity index (χ3v) is 4.01. The monoisotopic (exact) mass is 223 g/mol. The van der Waals surface area contributed by atoms with Gasteiger partial charge in [0.2, 0.25) is 0 Å². The van der Waals surface area contributed by atoms with Crippen molar-refractivity contribution < 1.29 is 0 Å². The van der Waals surface area contributed by atoms with Crippen LogP contribution >= 0.6 is 11.8 Å². The number of rotatable bonds is 6. The summed E-state index contributed by atoms with van der Waals surface area (Å²) in [4.78, 5) is 1.36. The molecule has 2 atom stereocenters. The molecule has 0 spiro atoms. The van der Waals surface area contributed by atoms with Gasteiger partial charge in [-0.1, -0.05) is 38.5 Å². The Morgan fingerprint density at radius 3 is 2.47 bits per heavy atom. The minimum absolute atomic E-state index is 0.611. The van der Waals surface area contributed by atoms with Gasteiger partial charge in [0, 0.05) is 16.7 Å². The average Bonchev–Trinajstić information content (AvgIpc) is 2.31. The van der Waals surface area contributed by atoms with Gasteiger partial charge in [-0.15, -0.1) is 11.8 Å². The lowest BCUT2D eigenvalue weighted by Crippen LogP contribution is -2.34. The molecule has 0 aliphatic heterocycles. The molecule has 15 heavy (non-hydrogen) atoms. The normalized spacial score (nSPS) is 14.9. The minimum atomic E-state index is 0.611. The first-order valence-electron chi connectivity index (χ1n) is 5.63. The molecule has 0 bridgehead atoms. The van der Waals surface area contributed by atoms with Gasteiger partial charge in [-0.05, 0) is 25.1 Å². The first-order valence-corrected chi connectivity index (χ1v) is 6.61. The first-order chi connectivity index (χ1) is 7.27. The predicted molar refractivity (Wildman–Crippen MR) is 69.5 cm³/mol. The van der Waals surface area contributed by atoms with Crippen LogP contribution in [0.5, 0.6) is 0 Å². The van der Waals surface area contributed by atoms with E-state index in [1.807, 2.05) is 11.8 Å². The van der Waals surface area contributed by atoms with Crippen molar-refractivity contribution in [2.24, 2.45) is 5.92 Å². The summed E-state index contributed by atoms with van der Waals surface area (Å²) in [5.41, 5.74) is 0. The van der Waals surface area contributed by atoms with E-state index in [0.717, 1.165) is 11.7 Å². The van der Waals surface area contributed by atoms with Gasteiger partial charge >= 0.3 is 0 Å². The van der Waals surface area contributed by atoms with E-state index in [4.69, 9.17) is 0 Å². The largest absolute Gasteiger partial charge is 0.316 e. The Balaban J connectivity index is 2.41. The topological polar surface area (TPSA) is 12.0 Å². The lowest BCUT2D eigenvalue weighted by atomic mass is 10.0. The van der Waals surface area contributed by atoms with E-state index in [1.54, 1.807) is 0 Å². The van der Waals surface area contributed by atoms with E-state index < -0.39 is 0 Å². The van der Waals surface area contributed by atoms with Crippen LogP contribution in [0, 0.1) is 5.92 Å². The van der Waals surface area contributed by atoms with Crippen molar-refractivity contribution >= 4 is 11.8 Å². The van der Waals surface area contributed by atoms with Crippen molar-refractivity contribution in [1.29, 1.82) is 0 Å². The van der Waals surface area contributed by atoms with Crippen LogP contribution in [0.25, 0.3) is 0 Å². The smallest absolute Gasteiger partial charge is 0.0184 e. The molecule has 1 rings (SSSR count). The molecule has 2 unspecified atom stereocenters. The van der Waals surface area contributed by atoms with Crippen molar-refractivity contribution in [3.8, 4) is 0 Å². The predicted octanol–water partition coefficient (Wildman–Crippen LogP) is 3.41. The summed E-state index contributed by atoms with van der Waals surface area (Å²) in [6, 6.07) is 11.2. The number of hydrogen-bond donors (Lipinski definition) is 1. The van der Waals surface area contributed by atoms with Crippen molar-refractivity contribution in [1.82, 2.24) is 5.32 Å². The van der Waals surface area contributed by atoms with E-state index in [9.17, 15) is 0 Å². The quantitative estimate of drug-likeness (QED) is 0.742. The number of nitrogens with one attached hydrogen (secondary N) is 1. The molecule has 0 saturated carbocycles. The molecule has 0 aromatic heterocycles. The van der Waals surface area contributed by atoms with Gasteiger partial charge in [-0.2, -0.15) is 0 Å². The second kappa shape index (κ2) is 6.91. The van der Waals surface area contributed by atoms with Crippen LogP contribution in [0.1, 0.15) is 20.3 Å². The number of thioether (sulfide) groups is 1. The van der Waals surface area contributed by atoms with Crippen LogP contribution in [0.15, 0.2) is 35.2 Å². The average molecular weight is 223 g/mol. The standard InChI is InChI=1S/C13H21NS/c1-4-11(2)13(14-3)10-15-12-8-6-5-7-9-12/h5-9,11,13-14H,4,10H2,1-3H3. The fourth-order valence-corrected chi connectivity index (χ4v) is 2.74. The van der Waals surface area contributed by atoms with E-state index in [-0.39, 0.29) is 0 Å². The molecule has 0 saturated heterocycles. The SMILES string of the molecule is CCC(C)C(CSc1ccccc1)NC. The van der Waals surface area contributed by atoms with Crippen LogP contribution < -0.4 is 5.32 Å². The van der Waals surface area contributed by atoms with E-state index in [1.165, 1.54) is 11.3 Å². The number of benzene rings is 1. The summed E-state index contributed by atoms with van der Waals surface area (Å²) < 4.78 is 0. The summed E-state index contributed by atoms with van der Waals surface area (Å²) in [5, 5.41) is 3.40. The van der Waals surface area contributed by atoms with Gasteiger partial charge in [0.25, 0.3) is 0 Å². The van der Waals surface area contributed by atoms with E-state index in [2.05, 4.69) is 56.5 Å². The Kier molecular flexibility index (Phi) is 5.81. The maximum Gasteiger partial charge on any atom is 0.0184 e. The highest BCUT2D eigenvalue weighted by atomic mass is 32.2. The van der Waals surface area contributed by atoms with Crippen molar-refractivity contribution in [2.75, 3.05) is 12.8 Å². The van der Waals surface area contributed by atoms with Crippen LogP contribution in [-0.4, -0.2) is 18.8 Å². The Bertz CT molecular complexity index is 260. The molecule has 0 radical (unpaired) electrons. The van der Waals surface area contributed by atoms with E-state index >= 15 is 0 Å². The number of hydrogen-bond acceptors (Lipinski definition) is 2. The molecule has 2 heteroatoms. The van der Waals surface area contributed by atoms with Crippen molar-refractivity contribution in [3.63, 3.8) is 0 Å². The van der Waals surface area contributed by atoms with Crippen LogP contribution in [-0.2, 0) is 0 Å².